The molecule has 25 heavy (non-hydrogen) atoms. The quantitative estimate of drug-likeness (QED) is 0.896. The Morgan fingerprint density at radius 3 is 2.68 bits per heavy atom. The van der Waals surface area contributed by atoms with E-state index in [0.717, 1.165) is 16.8 Å². The molecule has 7 heteroatoms. The van der Waals surface area contributed by atoms with Crippen molar-refractivity contribution in [2.75, 3.05) is 5.32 Å². The number of nitrogens with one attached hydrogen (secondary N) is 1. The summed E-state index contributed by atoms with van der Waals surface area (Å²) in [6.45, 7) is 7.07. The van der Waals surface area contributed by atoms with Crippen LogP contribution >= 0.6 is 11.6 Å². The van der Waals surface area contributed by atoms with E-state index in [9.17, 15) is 4.79 Å². The van der Waals surface area contributed by atoms with Crippen LogP contribution in [0.4, 0.5) is 10.7 Å². The molecule has 0 bridgehead atoms. The lowest BCUT2D eigenvalue weighted by Crippen LogP contribution is -2.33. The molecule has 1 aromatic carbocycles. The Labute approximate surface area is 152 Å². The molecule has 1 N–H and O–H groups in total. The van der Waals surface area contributed by atoms with E-state index in [4.69, 9.17) is 16.3 Å². The Morgan fingerprint density at radius 1 is 1.28 bits per heavy atom. The highest BCUT2D eigenvalue weighted by molar-refractivity contribution is 6.30. The second kappa shape index (κ2) is 6.88. The first kappa shape index (κ1) is 17.5. The molecule has 0 spiro atoms. The average molecular weight is 361 g/mol. The largest absolute Gasteiger partial charge is 0.444 e. The Balaban J connectivity index is 1.62. The number of ether oxygens (including phenoxy) is 1. The third kappa shape index (κ3) is 4.60. The molecule has 0 saturated heterocycles. The maximum Gasteiger partial charge on any atom is 0.410 e. The van der Waals surface area contributed by atoms with Crippen molar-refractivity contribution < 1.29 is 9.53 Å². The molecule has 1 aliphatic heterocycles. The van der Waals surface area contributed by atoms with Crippen molar-refractivity contribution in [2.45, 2.75) is 46.0 Å². The summed E-state index contributed by atoms with van der Waals surface area (Å²) in [5, 5.41) is 3.90. The lowest BCUT2D eigenvalue weighted by atomic mass is 10.2. The number of carbonyl (C=O) groups is 1. The number of amides is 1. The van der Waals surface area contributed by atoms with Gasteiger partial charge in [-0.25, -0.2) is 14.8 Å². The molecular weight excluding hydrogens is 340 g/mol. The minimum Gasteiger partial charge on any atom is -0.444 e. The molecule has 0 atom stereocenters. The SMILES string of the molecule is CC(C)(C)OC(=O)N1Cc2cnc(NCc3ccc(Cl)cc3)nc2C1. The van der Waals surface area contributed by atoms with Gasteiger partial charge in [0.05, 0.1) is 18.8 Å². The summed E-state index contributed by atoms with van der Waals surface area (Å²) in [4.78, 5) is 22.7. The third-order valence-corrected chi connectivity index (χ3v) is 3.92. The molecule has 0 aliphatic carbocycles. The zero-order valence-corrected chi connectivity index (χ0v) is 15.3. The van der Waals surface area contributed by atoms with E-state index in [1.165, 1.54) is 0 Å². The van der Waals surface area contributed by atoms with E-state index < -0.39 is 5.60 Å². The number of hydrogen-bond acceptors (Lipinski definition) is 5. The Kier molecular flexibility index (Phi) is 4.81. The fraction of sp³-hybridized carbons (Fsp3) is 0.389. The Hall–Kier alpha value is -2.34. The first-order valence-corrected chi connectivity index (χ1v) is 8.49. The summed E-state index contributed by atoms with van der Waals surface area (Å²) in [7, 11) is 0. The summed E-state index contributed by atoms with van der Waals surface area (Å²) in [5.74, 6) is 0.541. The second-order valence-corrected chi connectivity index (χ2v) is 7.42. The molecule has 1 aromatic heterocycles. The monoisotopic (exact) mass is 360 g/mol. The molecule has 6 nitrogen and oxygen atoms in total. The van der Waals surface area contributed by atoms with Crippen molar-refractivity contribution in [3.63, 3.8) is 0 Å². The lowest BCUT2D eigenvalue weighted by Gasteiger charge is -2.23. The van der Waals surface area contributed by atoms with Crippen molar-refractivity contribution in [1.82, 2.24) is 14.9 Å². The van der Waals surface area contributed by atoms with Crippen LogP contribution in [0.3, 0.4) is 0 Å². The highest BCUT2D eigenvalue weighted by atomic mass is 35.5. The number of fused-ring (bicyclic) bond motifs is 1. The van der Waals surface area contributed by atoms with Crippen LogP contribution in [0.25, 0.3) is 0 Å². The summed E-state index contributed by atoms with van der Waals surface area (Å²) in [6, 6.07) is 7.60. The van der Waals surface area contributed by atoms with E-state index in [1.807, 2.05) is 45.0 Å². The van der Waals surface area contributed by atoms with Crippen LogP contribution < -0.4 is 5.32 Å². The highest BCUT2D eigenvalue weighted by Crippen LogP contribution is 2.23. The van der Waals surface area contributed by atoms with Gasteiger partial charge in [-0.15, -0.1) is 0 Å². The summed E-state index contributed by atoms with van der Waals surface area (Å²) >= 11 is 5.88. The molecule has 132 valence electrons. The van der Waals surface area contributed by atoms with Crippen LogP contribution in [-0.2, 0) is 24.4 Å². The average Bonchev–Trinajstić information content (AvgIpc) is 2.96. The maximum absolute atomic E-state index is 12.2. The Morgan fingerprint density at radius 2 is 2.00 bits per heavy atom. The van der Waals surface area contributed by atoms with Gasteiger partial charge >= 0.3 is 6.09 Å². The predicted molar refractivity (Wildman–Crippen MR) is 96.3 cm³/mol. The van der Waals surface area contributed by atoms with Crippen LogP contribution in [0.15, 0.2) is 30.5 Å². The van der Waals surface area contributed by atoms with Crippen LogP contribution in [0.2, 0.25) is 5.02 Å². The molecule has 3 rings (SSSR count). The minimum absolute atomic E-state index is 0.332. The third-order valence-electron chi connectivity index (χ3n) is 3.67. The number of anilines is 1. The van der Waals surface area contributed by atoms with Crippen LogP contribution in [0.5, 0.6) is 0 Å². The van der Waals surface area contributed by atoms with Gasteiger partial charge in [-0.1, -0.05) is 23.7 Å². The van der Waals surface area contributed by atoms with E-state index >= 15 is 0 Å². The molecule has 0 saturated carbocycles. The van der Waals surface area contributed by atoms with Gasteiger partial charge in [-0.2, -0.15) is 0 Å². The van der Waals surface area contributed by atoms with Gasteiger partial charge in [0.2, 0.25) is 5.95 Å². The fourth-order valence-corrected chi connectivity index (χ4v) is 2.60. The van der Waals surface area contributed by atoms with Gasteiger partial charge in [0.1, 0.15) is 5.60 Å². The number of rotatable bonds is 3. The smallest absolute Gasteiger partial charge is 0.410 e. The van der Waals surface area contributed by atoms with E-state index in [0.29, 0.717) is 30.6 Å². The van der Waals surface area contributed by atoms with Crippen molar-refractivity contribution in [1.29, 1.82) is 0 Å². The standard InChI is InChI=1S/C18H21ClN4O2/c1-18(2,3)25-17(24)23-10-13-9-21-16(22-15(13)11-23)20-8-12-4-6-14(19)7-5-12/h4-7,9H,8,10-11H2,1-3H3,(H,20,21,22). The zero-order valence-electron chi connectivity index (χ0n) is 14.5. The van der Waals surface area contributed by atoms with Gasteiger partial charge in [0, 0.05) is 23.3 Å². The van der Waals surface area contributed by atoms with Gasteiger partial charge in [0.15, 0.2) is 0 Å². The lowest BCUT2D eigenvalue weighted by molar-refractivity contribution is 0.0240. The summed E-state index contributed by atoms with van der Waals surface area (Å²) < 4.78 is 5.41. The Bertz CT molecular complexity index is 772. The maximum atomic E-state index is 12.2. The first-order valence-electron chi connectivity index (χ1n) is 8.11. The van der Waals surface area contributed by atoms with Crippen molar-refractivity contribution in [3.05, 3.63) is 52.3 Å². The van der Waals surface area contributed by atoms with Crippen LogP contribution in [-0.4, -0.2) is 26.6 Å². The van der Waals surface area contributed by atoms with Gasteiger partial charge < -0.3 is 10.1 Å². The fourth-order valence-electron chi connectivity index (χ4n) is 2.48. The predicted octanol–water partition coefficient (Wildman–Crippen LogP) is 3.99. The van der Waals surface area contributed by atoms with E-state index in [2.05, 4.69) is 15.3 Å². The number of aromatic nitrogens is 2. The number of benzene rings is 1. The summed E-state index contributed by atoms with van der Waals surface area (Å²) in [5.41, 5.74) is 2.37. The van der Waals surface area contributed by atoms with Crippen molar-refractivity contribution in [3.8, 4) is 0 Å². The van der Waals surface area contributed by atoms with Gasteiger partial charge in [-0.05, 0) is 38.5 Å². The molecule has 1 aliphatic rings. The van der Waals surface area contributed by atoms with E-state index in [-0.39, 0.29) is 6.09 Å². The number of carbonyl (C=O) groups excluding carboxylic acids is 1. The minimum atomic E-state index is -0.511. The topological polar surface area (TPSA) is 67.3 Å². The molecule has 0 unspecified atom stereocenters. The van der Waals surface area contributed by atoms with Crippen LogP contribution in [0.1, 0.15) is 37.6 Å². The first-order chi connectivity index (χ1) is 11.8. The molecule has 0 fully saturated rings. The van der Waals surface area contributed by atoms with Gasteiger partial charge in [-0.3, -0.25) is 4.90 Å². The highest BCUT2D eigenvalue weighted by Gasteiger charge is 2.29. The molecule has 2 heterocycles. The number of halogens is 1. The second-order valence-electron chi connectivity index (χ2n) is 6.98. The van der Waals surface area contributed by atoms with Crippen LogP contribution in [0, 0.1) is 0 Å². The normalized spacial score (nSPS) is 13.5. The van der Waals surface area contributed by atoms with Crippen molar-refractivity contribution in [2.24, 2.45) is 0 Å². The van der Waals surface area contributed by atoms with E-state index in [1.54, 1.807) is 11.1 Å². The molecule has 2 aromatic rings. The van der Waals surface area contributed by atoms with Gasteiger partial charge in [0.25, 0.3) is 0 Å². The molecule has 0 radical (unpaired) electrons. The number of nitrogens with zero attached hydrogens (tertiary/aromatic N) is 3. The summed E-state index contributed by atoms with van der Waals surface area (Å²) in [6.07, 6.45) is 1.43. The number of hydrogen-bond donors (Lipinski definition) is 1. The van der Waals surface area contributed by atoms with Crippen molar-refractivity contribution >= 4 is 23.6 Å². The molecule has 1 amide bonds. The zero-order chi connectivity index (χ0) is 18.0. The molecular formula is C18H21ClN4O2.